The SMILES string of the molecule is COC(=O)CNC(=O)c1ccc(-c2ccc(N)c(NCc3ccc4ncccc4c3)n2)cc1F. The minimum atomic E-state index is -0.738. The summed E-state index contributed by atoms with van der Waals surface area (Å²) in [5.41, 5.74) is 9.25. The molecule has 0 atom stereocenters. The number of benzene rings is 2. The summed E-state index contributed by atoms with van der Waals surface area (Å²) in [6.45, 7) is 0.137. The van der Waals surface area contributed by atoms with Crippen molar-refractivity contribution < 1.29 is 18.7 Å². The molecule has 2 aromatic carbocycles. The van der Waals surface area contributed by atoms with Gasteiger partial charge in [0.2, 0.25) is 0 Å². The second-order valence-electron chi connectivity index (χ2n) is 7.47. The Labute approximate surface area is 195 Å². The van der Waals surface area contributed by atoms with E-state index in [0.717, 1.165) is 16.5 Å². The van der Waals surface area contributed by atoms with Gasteiger partial charge in [-0.05, 0) is 48.0 Å². The Kier molecular flexibility index (Phi) is 6.63. The third-order valence-electron chi connectivity index (χ3n) is 5.18. The van der Waals surface area contributed by atoms with Crippen LogP contribution in [0.2, 0.25) is 0 Å². The van der Waals surface area contributed by atoms with E-state index < -0.39 is 17.7 Å². The number of ether oxygens (including phenoxy) is 1. The van der Waals surface area contributed by atoms with Crippen LogP contribution >= 0.6 is 0 Å². The number of halogens is 1. The summed E-state index contributed by atoms with van der Waals surface area (Å²) in [6, 6.07) is 17.3. The number of esters is 1. The van der Waals surface area contributed by atoms with Crippen molar-refractivity contribution in [3.8, 4) is 11.3 Å². The highest BCUT2D eigenvalue weighted by Crippen LogP contribution is 2.25. The predicted octanol–water partition coefficient (Wildman–Crippen LogP) is 3.53. The van der Waals surface area contributed by atoms with Crippen LogP contribution in [0, 0.1) is 5.82 Å². The molecule has 0 spiro atoms. The molecular weight excluding hydrogens is 437 g/mol. The van der Waals surface area contributed by atoms with Gasteiger partial charge in [-0.15, -0.1) is 0 Å². The Morgan fingerprint density at radius 1 is 1.09 bits per heavy atom. The average molecular weight is 459 g/mol. The Morgan fingerprint density at radius 2 is 1.94 bits per heavy atom. The fourth-order valence-electron chi connectivity index (χ4n) is 3.37. The summed E-state index contributed by atoms with van der Waals surface area (Å²) in [5, 5.41) is 6.56. The summed E-state index contributed by atoms with van der Waals surface area (Å²) in [6.07, 6.45) is 1.75. The number of carbonyl (C=O) groups excluding carboxylic acids is 2. The molecule has 2 aromatic heterocycles. The van der Waals surface area contributed by atoms with Crippen molar-refractivity contribution in [3.05, 3.63) is 83.8 Å². The minimum absolute atomic E-state index is 0.188. The number of hydrogen-bond donors (Lipinski definition) is 3. The van der Waals surface area contributed by atoms with Crippen molar-refractivity contribution in [2.24, 2.45) is 0 Å². The number of nitrogens with zero attached hydrogens (tertiary/aromatic N) is 2. The van der Waals surface area contributed by atoms with Gasteiger partial charge in [0.25, 0.3) is 5.91 Å². The topological polar surface area (TPSA) is 119 Å². The lowest BCUT2D eigenvalue weighted by Crippen LogP contribution is -2.30. The molecule has 4 rings (SSSR count). The number of nitrogens with two attached hydrogens (primary N) is 1. The van der Waals surface area contributed by atoms with Gasteiger partial charge in [0.15, 0.2) is 0 Å². The van der Waals surface area contributed by atoms with E-state index in [1.807, 2.05) is 30.3 Å². The first-order chi connectivity index (χ1) is 16.4. The summed E-state index contributed by atoms with van der Waals surface area (Å²) >= 11 is 0. The zero-order valence-corrected chi connectivity index (χ0v) is 18.3. The highest BCUT2D eigenvalue weighted by atomic mass is 19.1. The average Bonchev–Trinajstić information content (AvgIpc) is 2.86. The Bertz CT molecular complexity index is 1380. The molecule has 0 saturated carbocycles. The van der Waals surface area contributed by atoms with Crippen LogP contribution in [-0.2, 0) is 16.1 Å². The van der Waals surface area contributed by atoms with Gasteiger partial charge in [-0.1, -0.05) is 18.2 Å². The molecule has 0 unspecified atom stereocenters. The van der Waals surface area contributed by atoms with Gasteiger partial charge in [-0.2, -0.15) is 0 Å². The van der Waals surface area contributed by atoms with Gasteiger partial charge >= 0.3 is 5.97 Å². The lowest BCUT2D eigenvalue weighted by Gasteiger charge is -2.12. The number of aromatic nitrogens is 2. The van der Waals surface area contributed by atoms with Crippen molar-refractivity contribution >= 4 is 34.3 Å². The van der Waals surface area contributed by atoms with E-state index in [0.29, 0.717) is 29.3 Å². The molecule has 0 aliphatic carbocycles. The molecule has 8 nitrogen and oxygen atoms in total. The van der Waals surface area contributed by atoms with E-state index in [1.54, 1.807) is 24.4 Å². The first-order valence-electron chi connectivity index (χ1n) is 10.4. The van der Waals surface area contributed by atoms with E-state index in [-0.39, 0.29) is 12.1 Å². The predicted molar refractivity (Wildman–Crippen MR) is 127 cm³/mol. The summed E-state index contributed by atoms with van der Waals surface area (Å²) < 4.78 is 19.1. The quantitative estimate of drug-likeness (QED) is 0.362. The molecule has 2 heterocycles. The number of pyridine rings is 2. The van der Waals surface area contributed by atoms with Crippen LogP contribution < -0.4 is 16.4 Å². The van der Waals surface area contributed by atoms with Crippen LogP contribution in [0.4, 0.5) is 15.9 Å². The second kappa shape index (κ2) is 9.95. The molecule has 1 amide bonds. The van der Waals surface area contributed by atoms with Gasteiger partial charge in [0, 0.05) is 23.7 Å². The first-order valence-corrected chi connectivity index (χ1v) is 10.4. The molecule has 4 aromatic rings. The maximum Gasteiger partial charge on any atom is 0.325 e. The number of hydrogen-bond acceptors (Lipinski definition) is 7. The Balaban J connectivity index is 1.50. The Hall–Kier alpha value is -4.53. The fourth-order valence-corrected chi connectivity index (χ4v) is 3.37. The van der Waals surface area contributed by atoms with Gasteiger partial charge < -0.3 is 21.1 Å². The molecule has 34 heavy (non-hydrogen) atoms. The van der Waals surface area contributed by atoms with E-state index in [1.165, 1.54) is 19.2 Å². The van der Waals surface area contributed by atoms with Gasteiger partial charge in [-0.3, -0.25) is 14.6 Å². The maximum absolute atomic E-state index is 14.6. The van der Waals surface area contributed by atoms with Crippen molar-refractivity contribution in [2.75, 3.05) is 24.7 Å². The number of carbonyl (C=O) groups is 2. The number of nitrogens with one attached hydrogen (secondary N) is 2. The third-order valence-corrected chi connectivity index (χ3v) is 5.18. The van der Waals surface area contributed by atoms with Gasteiger partial charge in [-0.25, -0.2) is 9.37 Å². The third kappa shape index (κ3) is 5.09. The summed E-state index contributed by atoms with van der Waals surface area (Å²) in [5.74, 6) is -1.62. The van der Waals surface area contributed by atoms with E-state index in [2.05, 4.69) is 25.3 Å². The fraction of sp³-hybridized carbons (Fsp3) is 0.120. The zero-order chi connectivity index (χ0) is 24.1. The normalized spacial score (nSPS) is 10.6. The van der Waals surface area contributed by atoms with Crippen LogP contribution in [0.15, 0.2) is 66.9 Å². The largest absolute Gasteiger partial charge is 0.468 e. The smallest absolute Gasteiger partial charge is 0.325 e. The van der Waals surface area contributed by atoms with Crippen LogP contribution in [0.3, 0.4) is 0 Å². The van der Waals surface area contributed by atoms with Crippen LogP contribution in [-0.4, -0.2) is 35.5 Å². The second-order valence-corrected chi connectivity index (χ2v) is 7.47. The van der Waals surface area contributed by atoms with Crippen molar-refractivity contribution in [2.45, 2.75) is 6.54 Å². The molecule has 0 aliphatic rings. The summed E-state index contributed by atoms with van der Waals surface area (Å²) in [7, 11) is 1.20. The number of amides is 1. The lowest BCUT2D eigenvalue weighted by atomic mass is 10.1. The maximum atomic E-state index is 14.6. The van der Waals surface area contributed by atoms with Gasteiger partial charge in [0.05, 0.1) is 29.6 Å². The number of fused-ring (bicyclic) bond motifs is 1. The van der Waals surface area contributed by atoms with Crippen molar-refractivity contribution in [3.63, 3.8) is 0 Å². The van der Waals surface area contributed by atoms with E-state index in [4.69, 9.17) is 5.73 Å². The molecule has 0 fully saturated rings. The number of methoxy groups -OCH3 is 1. The highest BCUT2D eigenvalue weighted by Gasteiger charge is 2.15. The monoisotopic (exact) mass is 459 g/mol. The number of rotatable bonds is 7. The molecule has 0 radical (unpaired) electrons. The first kappa shape index (κ1) is 22.7. The lowest BCUT2D eigenvalue weighted by molar-refractivity contribution is -0.139. The molecule has 172 valence electrons. The summed E-state index contributed by atoms with van der Waals surface area (Å²) in [4.78, 5) is 32.2. The molecule has 4 N–H and O–H groups in total. The number of anilines is 2. The van der Waals surface area contributed by atoms with E-state index in [9.17, 15) is 14.0 Å². The molecule has 0 saturated heterocycles. The molecular formula is C25H22FN5O3. The minimum Gasteiger partial charge on any atom is -0.468 e. The highest BCUT2D eigenvalue weighted by molar-refractivity contribution is 5.96. The standard InChI is InChI=1S/C25H22FN5O3/c1-34-23(32)14-30-25(33)18-6-5-17(12-19(18)26)22-9-7-20(27)24(31-22)29-13-15-4-8-21-16(11-15)3-2-10-28-21/h2-12H,13-14,27H2,1H3,(H,29,31)(H,30,33). The zero-order valence-electron chi connectivity index (χ0n) is 18.3. The van der Waals surface area contributed by atoms with Crippen molar-refractivity contribution in [1.82, 2.24) is 15.3 Å². The van der Waals surface area contributed by atoms with E-state index >= 15 is 0 Å². The molecule has 0 bridgehead atoms. The Morgan fingerprint density at radius 3 is 2.74 bits per heavy atom. The van der Waals surface area contributed by atoms with Gasteiger partial charge in [0.1, 0.15) is 18.2 Å². The van der Waals surface area contributed by atoms with Crippen molar-refractivity contribution in [1.29, 1.82) is 0 Å². The molecule has 9 heteroatoms. The van der Waals surface area contributed by atoms with Crippen LogP contribution in [0.5, 0.6) is 0 Å². The number of nitrogen functional groups attached to an aromatic ring is 1. The van der Waals surface area contributed by atoms with Crippen LogP contribution in [0.25, 0.3) is 22.2 Å². The molecule has 0 aliphatic heterocycles. The van der Waals surface area contributed by atoms with Crippen LogP contribution in [0.1, 0.15) is 15.9 Å².